The molecule has 6 nitrogen and oxygen atoms in total. The lowest BCUT2D eigenvalue weighted by Gasteiger charge is -2.26. The summed E-state index contributed by atoms with van der Waals surface area (Å²) in [6.45, 7) is 1.05. The Labute approximate surface area is 142 Å². The molecule has 0 spiro atoms. The average molecular weight is 389 g/mol. The van der Waals surface area contributed by atoms with Gasteiger partial charge in [-0.05, 0) is 25.1 Å². The number of alkyl carbamates (subject to hydrolysis) is 1. The first-order valence-electron chi connectivity index (χ1n) is 6.72. The zero-order valence-electron chi connectivity index (χ0n) is 12.9. The van der Waals surface area contributed by atoms with Crippen LogP contribution >= 0.6 is 11.6 Å². The zero-order valence-corrected chi connectivity index (χ0v) is 14.4. The van der Waals surface area contributed by atoms with Crippen molar-refractivity contribution in [2.75, 3.05) is 30.3 Å². The van der Waals surface area contributed by atoms with E-state index in [9.17, 15) is 26.4 Å². The number of rotatable bonds is 6. The molecule has 0 aromatic heterocycles. The van der Waals surface area contributed by atoms with Crippen LogP contribution in [0.25, 0.3) is 0 Å². The molecule has 1 amide bonds. The lowest BCUT2D eigenvalue weighted by molar-refractivity contribution is -0.137. The predicted octanol–water partition coefficient (Wildman–Crippen LogP) is 2.87. The molecule has 0 radical (unpaired) electrons. The fourth-order valence-electron chi connectivity index (χ4n) is 1.86. The maximum atomic E-state index is 13.2. The van der Waals surface area contributed by atoms with Gasteiger partial charge in [0, 0.05) is 11.6 Å². The quantitative estimate of drug-likeness (QED) is 0.813. The number of alkyl halides is 3. The van der Waals surface area contributed by atoms with Gasteiger partial charge in [0.15, 0.2) is 0 Å². The van der Waals surface area contributed by atoms with Gasteiger partial charge in [-0.1, -0.05) is 11.6 Å². The highest BCUT2D eigenvalue weighted by molar-refractivity contribution is 7.92. The molecule has 0 unspecified atom stereocenters. The Bertz CT molecular complexity index is 695. The number of carbonyl (C=O) groups is 1. The summed E-state index contributed by atoms with van der Waals surface area (Å²) in [6.07, 6.45) is -4.82. The normalized spacial score (nSPS) is 11.9. The summed E-state index contributed by atoms with van der Waals surface area (Å²) < 4.78 is 68.4. The number of benzene rings is 1. The Hall–Kier alpha value is -1.68. The van der Waals surface area contributed by atoms with Crippen molar-refractivity contribution in [3.63, 3.8) is 0 Å². The number of hydrogen-bond acceptors (Lipinski definition) is 4. The minimum atomic E-state index is -4.79. The molecule has 1 aromatic rings. The van der Waals surface area contributed by atoms with Gasteiger partial charge in [0.05, 0.1) is 30.7 Å². The van der Waals surface area contributed by atoms with Gasteiger partial charge in [-0.3, -0.25) is 4.31 Å². The van der Waals surface area contributed by atoms with Crippen LogP contribution in [0.2, 0.25) is 5.02 Å². The summed E-state index contributed by atoms with van der Waals surface area (Å²) in [6, 6.07) is 2.77. The molecule has 1 N–H and O–H groups in total. The molecular formula is C13H16ClF3N2O4S. The van der Waals surface area contributed by atoms with Crippen LogP contribution in [0.15, 0.2) is 18.2 Å². The maximum absolute atomic E-state index is 13.2. The first-order chi connectivity index (χ1) is 11.0. The first kappa shape index (κ1) is 20.4. The van der Waals surface area contributed by atoms with E-state index in [1.807, 2.05) is 0 Å². The summed E-state index contributed by atoms with van der Waals surface area (Å²) in [5.41, 5.74) is -1.75. The SMILES string of the molecule is CCOC(=O)NCCN(c1ccc(Cl)cc1C(F)(F)F)S(C)(=O)=O. The highest BCUT2D eigenvalue weighted by Gasteiger charge is 2.36. The number of nitrogens with one attached hydrogen (secondary N) is 1. The van der Waals surface area contributed by atoms with E-state index in [0.29, 0.717) is 10.4 Å². The van der Waals surface area contributed by atoms with Gasteiger partial charge in [0.2, 0.25) is 10.0 Å². The van der Waals surface area contributed by atoms with Crippen LogP contribution < -0.4 is 9.62 Å². The molecule has 1 rings (SSSR count). The monoisotopic (exact) mass is 388 g/mol. The first-order valence-corrected chi connectivity index (χ1v) is 8.94. The molecule has 24 heavy (non-hydrogen) atoms. The van der Waals surface area contributed by atoms with Gasteiger partial charge < -0.3 is 10.1 Å². The Morgan fingerprint density at radius 3 is 2.50 bits per heavy atom. The van der Waals surface area contributed by atoms with Crippen molar-refractivity contribution in [2.24, 2.45) is 0 Å². The molecule has 0 aliphatic rings. The van der Waals surface area contributed by atoms with Gasteiger partial charge in [0.1, 0.15) is 0 Å². The van der Waals surface area contributed by atoms with E-state index in [2.05, 4.69) is 10.1 Å². The minimum Gasteiger partial charge on any atom is -0.450 e. The van der Waals surface area contributed by atoms with Gasteiger partial charge >= 0.3 is 12.3 Å². The molecule has 0 atom stereocenters. The molecule has 136 valence electrons. The molecule has 0 bridgehead atoms. The van der Waals surface area contributed by atoms with Crippen LogP contribution in [-0.2, 0) is 20.9 Å². The number of sulfonamides is 1. The summed E-state index contributed by atoms with van der Waals surface area (Å²) in [4.78, 5) is 11.2. The molecule has 11 heteroatoms. The summed E-state index contributed by atoms with van der Waals surface area (Å²) >= 11 is 5.58. The van der Waals surface area contributed by atoms with Crippen molar-refractivity contribution in [3.8, 4) is 0 Å². The number of nitrogens with zero attached hydrogens (tertiary/aromatic N) is 1. The zero-order chi connectivity index (χ0) is 18.5. The molecule has 0 fully saturated rings. The highest BCUT2D eigenvalue weighted by atomic mass is 35.5. The van der Waals surface area contributed by atoms with Crippen LogP contribution in [0.5, 0.6) is 0 Å². The molecule has 1 aromatic carbocycles. The van der Waals surface area contributed by atoms with Crippen molar-refractivity contribution in [1.29, 1.82) is 0 Å². The van der Waals surface area contributed by atoms with E-state index >= 15 is 0 Å². The summed E-state index contributed by atoms with van der Waals surface area (Å²) in [7, 11) is -4.03. The lowest BCUT2D eigenvalue weighted by atomic mass is 10.1. The Morgan fingerprint density at radius 2 is 2.00 bits per heavy atom. The van der Waals surface area contributed by atoms with Crippen LogP contribution in [0.1, 0.15) is 12.5 Å². The second-order valence-electron chi connectivity index (χ2n) is 4.64. The van der Waals surface area contributed by atoms with E-state index in [4.69, 9.17) is 11.6 Å². The number of ether oxygens (including phenoxy) is 1. The van der Waals surface area contributed by atoms with Gasteiger partial charge in [-0.2, -0.15) is 13.2 Å². The standard InChI is InChI=1S/C13H16ClF3N2O4S/c1-3-23-12(20)18-6-7-19(24(2,21)22)11-5-4-9(14)8-10(11)13(15,16)17/h4-5,8H,3,6-7H2,1-2H3,(H,18,20). The number of amides is 1. The largest absolute Gasteiger partial charge is 0.450 e. The van der Waals surface area contributed by atoms with Crippen molar-refractivity contribution in [1.82, 2.24) is 5.32 Å². The smallest absolute Gasteiger partial charge is 0.418 e. The van der Waals surface area contributed by atoms with Gasteiger partial charge in [-0.25, -0.2) is 13.2 Å². The summed E-state index contributed by atoms with van der Waals surface area (Å²) in [5, 5.41) is 2.07. The predicted molar refractivity (Wildman–Crippen MR) is 83.7 cm³/mol. The fourth-order valence-corrected chi connectivity index (χ4v) is 2.97. The van der Waals surface area contributed by atoms with Crippen molar-refractivity contribution >= 4 is 33.4 Å². The third-order valence-corrected chi connectivity index (χ3v) is 4.21. The van der Waals surface area contributed by atoms with Crippen LogP contribution in [-0.4, -0.2) is 40.5 Å². The number of hydrogen-bond donors (Lipinski definition) is 1. The lowest BCUT2D eigenvalue weighted by Crippen LogP contribution is -2.39. The van der Waals surface area contributed by atoms with Gasteiger partial charge in [0.25, 0.3) is 0 Å². The highest BCUT2D eigenvalue weighted by Crippen LogP contribution is 2.38. The topological polar surface area (TPSA) is 75.7 Å². The number of carbonyl (C=O) groups excluding carboxylic acids is 1. The third kappa shape index (κ3) is 5.75. The van der Waals surface area contributed by atoms with E-state index in [1.54, 1.807) is 6.92 Å². The molecule has 0 heterocycles. The molecule has 0 aliphatic heterocycles. The average Bonchev–Trinajstić information content (AvgIpc) is 2.42. The van der Waals surface area contributed by atoms with Crippen LogP contribution in [0.3, 0.4) is 0 Å². The van der Waals surface area contributed by atoms with Crippen molar-refractivity contribution in [3.05, 3.63) is 28.8 Å². The molecule has 0 aliphatic carbocycles. The second kappa shape index (κ2) is 7.93. The van der Waals surface area contributed by atoms with E-state index in [1.165, 1.54) is 0 Å². The van der Waals surface area contributed by atoms with Crippen LogP contribution in [0, 0.1) is 0 Å². The molecule has 0 saturated heterocycles. The second-order valence-corrected chi connectivity index (χ2v) is 6.98. The molecule has 0 saturated carbocycles. The maximum Gasteiger partial charge on any atom is 0.418 e. The van der Waals surface area contributed by atoms with E-state index in [-0.39, 0.29) is 18.2 Å². The minimum absolute atomic E-state index is 0.108. The Morgan fingerprint density at radius 1 is 1.38 bits per heavy atom. The van der Waals surface area contributed by atoms with E-state index in [0.717, 1.165) is 18.4 Å². The van der Waals surface area contributed by atoms with Gasteiger partial charge in [-0.15, -0.1) is 0 Å². The summed E-state index contributed by atoms with van der Waals surface area (Å²) in [5.74, 6) is 0. The fraction of sp³-hybridized carbons (Fsp3) is 0.462. The van der Waals surface area contributed by atoms with Crippen molar-refractivity contribution < 1.29 is 31.1 Å². The Kier molecular flexibility index (Phi) is 6.73. The van der Waals surface area contributed by atoms with E-state index < -0.39 is 40.1 Å². The van der Waals surface area contributed by atoms with Crippen molar-refractivity contribution in [2.45, 2.75) is 13.1 Å². The number of halogens is 4. The number of anilines is 1. The van der Waals surface area contributed by atoms with Crippen LogP contribution in [0.4, 0.5) is 23.7 Å². The Balaban J connectivity index is 3.13. The molecular weight excluding hydrogens is 373 g/mol. The third-order valence-electron chi connectivity index (χ3n) is 2.79.